The molecule has 1 aromatic heterocycles. The summed E-state index contributed by atoms with van der Waals surface area (Å²) in [6.07, 6.45) is 0. The van der Waals surface area contributed by atoms with Crippen LogP contribution in [0.4, 0.5) is 6.01 Å². The van der Waals surface area contributed by atoms with Crippen LogP contribution in [-0.4, -0.2) is 16.1 Å². The fourth-order valence-corrected chi connectivity index (χ4v) is 2.58. The number of aromatic nitrogens is 2. The molecule has 1 heterocycles. The molecular weight excluding hydrogens is 302 g/mol. The van der Waals surface area contributed by atoms with E-state index in [2.05, 4.69) is 15.5 Å². The summed E-state index contributed by atoms with van der Waals surface area (Å²) in [5, 5.41) is 10.6. The van der Waals surface area contributed by atoms with Crippen molar-refractivity contribution in [1.82, 2.24) is 10.2 Å². The molecule has 0 aliphatic carbocycles. The molecule has 24 heavy (non-hydrogen) atoms. The van der Waals surface area contributed by atoms with Crippen molar-refractivity contribution < 1.29 is 9.21 Å². The highest BCUT2D eigenvalue weighted by molar-refractivity contribution is 6.04. The first-order valence-electron chi connectivity index (χ1n) is 7.74. The monoisotopic (exact) mass is 321 g/mol. The summed E-state index contributed by atoms with van der Waals surface area (Å²) in [6.45, 7) is 7.87. The van der Waals surface area contributed by atoms with Crippen LogP contribution in [-0.2, 0) is 0 Å². The van der Waals surface area contributed by atoms with Gasteiger partial charge in [-0.3, -0.25) is 10.1 Å². The molecule has 0 saturated carbocycles. The maximum atomic E-state index is 12.4. The van der Waals surface area contributed by atoms with E-state index in [1.54, 1.807) is 6.07 Å². The average molecular weight is 321 g/mol. The maximum absolute atomic E-state index is 12.4. The normalized spacial score (nSPS) is 10.7. The maximum Gasteiger partial charge on any atom is 0.322 e. The number of carbonyl (C=O) groups is 1. The molecule has 0 bridgehead atoms. The SMILES string of the molecule is Cc1ccc(C(=O)Nc2nnc(-c3cc(C)ccc3C)o2)c(C)c1. The van der Waals surface area contributed by atoms with Crippen molar-refractivity contribution in [2.45, 2.75) is 27.7 Å². The summed E-state index contributed by atoms with van der Waals surface area (Å²) in [4.78, 5) is 12.4. The quantitative estimate of drug-likeness (QED) is 0.784. The van der Waals surface area contributed by atoms with Crippen LogP contribution in [0.1, 0.15) is 32.6 Å². The van der Waals surface area contributed by atoms with E-state index in [0.29, 0.717) is 11.5 Å². The van der Waals surface area contributed by atoms with Gasteiger partial charge >= 0.3 is 6.01 Å². The van der Waals surface area contributed by atoms with Gasteiger partial charge in [0, 0.05) is 11.1 Å². The highest BCUT2D eigenvalue weighted by atomic mass is 16.4. The Morgan fingerprint density at radius 2 is 1.62 bits per heavy atom. The Bertz CT molecular complexity index is 913. The van der Waals surface area contributed by atoms with Crippen molar-refractivity contribution in [1.29, 1.82) is 0 Å². The van der Waals surface area contributed by atoms with Gasteiger partial charge in [-0.1, -0.05) is 40.5 Å². The fourth-order valence-electron chi connectivity index (χ4n) is 2.58. The molecule has 0 unspecified atom stereocenters. The third-order valence-corrected chi connectivity index (χ3v) is 3.90. The molecule has 1 N–H and O–H groups in total. The van der Waals surface area contributed by atoms with Gasteiger partial charge in [0.05, 0.1) is 0 Å². The molecule has 0 aliphatic rings. The number of carbonyl (C=O) groups excluding carboxylic acids is 1. The zero-order valence-corrected chi connectivity index (χ0v) is 14.2. The number of rotatable bonds is 3. The Morgan fingerprint density at radius 3 is 2.38 bits per heavy atom. The topological polar surface area (TPSA) is 68.0 Å². The van der Waals surface area contributed by atoms with Crippen LogP contribution in [0.5, 0.6) is 0 Å². The third-order valence-electron chi connectivity index (χ3n) is 3.90. The van der Waals surface area contributed by atoms with Crippen LogP contribution in [0.15, 0.2) is 40.8 Å². The Labute approximate surface area is 140 Å². The molecule has 0 radical (unpaired) electrons. The Morgan fingerprint density at radius 1 is 0.917 bits per heavy atom. The minimum absolute atomic E-state index is 0.0934. The summed E-state index contributed by atoms with van der Waals surface area (Å²) in [7, 11) is 0. The van der Waals surface area contributed by atoms with E-state index >= 15 is 0 Å². The number of hydrogen-bond acceptors (Lipinski definition) is 4. The van der Waals surface area contributed by atoms with Crippen molar-refractivity contribution in [3.63, 3.8) is 0 Å². The van der Waals surface area contributed by atoms with Crippen LogP contribution >= 0.6 is 0 Å². The predicted molar refractivity (Wildman–Crippen MR) is 93.1 cm³/mol. The van der Waals surface area contributed by atoms with Crippen molar-refractivity contribution in [2.24, 2.45) is 0 Å². The summed E-state index contributed by atoms with van der Waals surface area (Å²) in [5.74, 6) is 0.135. The van der Waals surface area contributed by atoms with Crippen LogP contribution in [0.3, 0.4) is 0 Å². The molecule has 0 fully saturated rings. The zero-order valence-electron chi connectivity index (χ0n) is 14.2. The standard InChI is InChI=1S/C19H19N3O2/c1-11-6-8-15(14(4)9-11)17(23)20-19-22-21-18(24-19)16-10-12(2)5-7-13(16)3/h5-10H,1-4H3,(H,20,22,23). The van der Waals surface area contributed by atoms with Gasteiger partial charge in [0.25, 0.3) is 5.91 Å². The molecule has 0 spiro atoms. The second-order valence-corrected chi connectivity index (χ2v) is 6.00. The summed E-state index contributed by atoms with van der Waals surface area (Å²) in [5.41, 5.74) is 5.62. The first-order valence-corrected chi connectivity index (χ1v) is 7.74. The number of nitrogens with zero attached hydrogens (tertiary/aromatic N) is 2. The molecule has 1 amide bonds. The Kier molecular flexibility index (Phi) is 4.16. The Balaban J connectivity index is 1.83. The van der Waals surface area contributed by atoms with Gasteiger partial charge < -0.3 is 4.42 Å². The molecule has 3 rings (SSSR count). The van der Waals surface area contributed by atoms with Gasteiger partial charge in [-0.15, -0.1) is 5.10 Å². The number of benzene rings is 2. The minimum Gasteiger partial charge on any atom is -0.403 e. The van der Waals surface area contributed by atoms with E-state index in [0.717, 1.165) is 27.8 Å². The summed E-state index contributed by atoms with van der Waals surface area (Å²) in [6, 6.07) is 11.8. The highest BCUT2D eigenvalue weighted by Gasteiger charge is 2.15. The molecule has 5 heteroatoms. The minimum atomic E-state index is -0.260. The van der Waals surface area contributed by atoms with Gasteiger partial charge in [0.15, 0.2) is 0 Å². The molecule has 2 aromatic carbocycles. The first-order chi connectivity index (χ1) is 11.4. The van der Waals surface area contributed by atoms with Crippen molar-refractivity contribution in [2.75, 3.05) is 5.32 Å². The second kappa shape index (κ2) is 6.28. The molecule has 3 aromatic rings. The van der Waals surface area contributed by atoms with Gasteiger partial charge in [-0.25, -0.2) is 0 Å². The zero-order chi connectivity index (χ0) is 17.3. The molecule has 0 atom stereocenters. The number of hydrogen-bond donors (Lipinski definition) is 1. The fraction of sp³-hybridized carbons (Fsp3) is 0.211. The van der Waals surface area contributed by atoms with E-state index in [4.69, 9.17) is 4.42 Å². The van der Waals surface area contributed by atoms with Crippen LogP contribution in [0.25, 0.3) is 11.5 Å². The summed E-state index contributed by atoms with van der Waals surface area (Å²) >= 11 is 0. The lowest BCUT2D eigenvalue weighted by Crippen LogP contribution is -2.13. The number of anilines is 1. The average Bonchev–Trinajstić information content (AvgIpc) is 2.97. The number of aryl methyl sites for hydroxylation is 4. The summed E-state index contributed by atoms with van der Waals surface area (Å²) < 4.78 is 5.61. The van der Waals surface area contributed by atoms with E-state index in [9.17, 15) is 4.79 Å². The Hall–Kier alpha value is -2.95. The van der Waals surface area contributed by atoms with E-state index in [1.807, 2.05) is 58.0 Å². The van der Waals surface area contributed by atoms with Crippen molar-refractivity contribution in [3.8, 4) is 11.5 Å². The van der Waals surface area contributed by atoms with Gasteiger partial charge in [-0.2, -0.15) is 0 Å². The molecule has 5 nitrogen and oxygen atoms in total. The van der Waals surface area contributed by atoms with Crippen molar-refractivity contribution >= 4 is 11.9 Å². The lowest BCUT2D eigenvalue weighted by molar-refractivity contribution is 0.102. The third kappa shape index (κ3) is 3.20. The van der Waals surface area contributed by atoms with Gasteiger partial charge in [0.2, 0.25) is 5.89 Å². The smallest absolute Gasteiger partial charge is 0.322 e. The van der Waals surface area contributed by atoms with Gasteiger partial charge in [-0.05, 0) is 51.0 Å². The largest absolute Gasteiger partial charge is 0.403 e. The molecule has 0 aliphatic heterocycles. The van der Waals surface area contributed by atoms with E-state index < -0.39 is 0 Å². The van der Waals surface area contributed by atoms with Crippen LogP contribution < -0.4 is 5.32 Å². The lowest BCUT2D eigenvalue weighted by atomic mass is 10.1. The highest BCUT2D eigenvalue weighted by Crippen LogP contribution is 2.25. The van der Waals surface area contributed by atoms with E-state index in [1.165, 1.54) is 0 Å². The second-order valence-electron chi connectivity index (χ2n) is 6.00. The molecule has 0 saturated heterocycles. The van der Waals surface area contributed by atoms with E-state index in [-0.39, 0.29) is 11.9 Å². The van der Waals surface area contributed by atoms with Gasteiger partial charge in [0.1, 0.15) is 0 Å². The number of nitrogens with one attached hydrogen (secondary N) is 1. The lowest BCUT2D eigenvalue weighted by Gasteiger charge is -2.05. The molecule has 122 valence electrons. The predicted octanol–water partition coefficient (Wildman–Crippen LogP) is 4.22. The van der Waals surface area contributed by atoms with Crippen LogP contribution in [0.2, 0.25) is 0 Å². The number of amides is 1. The van der Waals surface area contributed by atoms with Crippen LogP contribution in [0, 0.1) is 27.7 Å². The van der Waals surface area contributed by atoms with Crippen molar-refractivity contribution in [3.05, 3.63) is 64.2 Å². The first kappa shape index (κ1) is 15.9. The molecular formula is C19H19N3O2.